The minimum absolute atomic E-state index is 0.111. The molecule has 2 aromatic heterocycles. The minimum Gasteiger partial charge on any atom is -0.442 e. The molecule has 2 heterocycles. The van der Waals surface area contributed by atoms with Crippen LogP contribution in [0.3, 0.4) is 0 Å². The molecule has 0 spiro atoms. The lowest BCUT2D eigenvalue weighted by Crippen LogP contribution is -2.06. The second-order valence-electron chi connectivity index (χ2n) is 5.56. The normalized spacial score (nSPS) is 10.9. The summed E-state index contributed by atoms with van der Waals surface area (Å²) >= 11 is 0. The van der Waals surface area contributed by atoms with Gasteiger partial charge in [-0.25, -0.2) is 0 Å². The summed E-state index contributed by atoms with van der Waals surface area (Å²) in [6.07, 6.45) is 0. The number of rotatable bonds is 2. The molecule has 4 rings (SSSR count). The molecule has 0 aliphatic carbocycles. The maximum absolute atomic E-state index is 12.6. The summed E-state index contributed by atoms with van der Waals surface area (Å²) < 4.78 is 5.62. The maximum atomic E-state index is 12.6. The summed E-state index contributed by atoms with van der Waals surface area (Å²) in [6, 6.07) is 21.0. The van der Waals surface area contributed by atoms with E-state index >= 15 is 0 Å². The Bertz CT molecular complexity index is 1070. The number of fused-ring (bicyclic) bond motifs is 1. The van der Waals surface area contributed by atoms with Gasteiger partial charge in [0.25, 0.3) is 5.71 Å². The first-order valence-electron chi connectivity index (χ1n) is 7.66. The average Bonchev–Trinajstić information content (AvgIpc) is 2.62. The van der Waals surface area contributed by atoms with E-state index < -0.39 is 0 Å². The van der Waals surface area contributed by atoms with E-state index in [0.29, 0.717) is 16.8 Å². The van der Waals surface area contributed by atoms with Gasteiger partial charge in [-0.3, -0.25) is 4.79 Å². The van der Waals surface area contributed by atoms with Crippen LogP contribution in [0.5, 0.6) is 0 Å². The van der Waals surface area contributed by atoms with E-state index in [0.717, 1.165) is 16.7 Å². The second-order valence-corrected chi connectivity index (χ2v) is 5.56. The molecule has 0 unspecified atom stereocenters. The van der Waals surface area contributed by atoms with Gasteiger partial charge in [0.15, 0.2) is 5.43 Å². The molecular formula is C20H14N2O2. The molecule has 0 saturated heterocycles. The van der Waals surface area contributed by atoms with E-state index in [1.54, 1.807) is 6.92 Å². The van der Waals surface area contributed by atoms with E-state index in [1.807, 2.05) is 60.7 Å². The molecule has 0 atom stereocenters. The number of nitrogens with zero attached hydrogens (tertiary/aromatic N) is 2. The first kappa shape index (κ1) is 14.3. The number of hydrogen-bond acceptors (Lipinski definition) is 4. The van der Waals surface area contributed by atoms with Gasteiger partial charge in [0, 0.05) is 17.2 Å². The van der Waals surface area contributed by atoms with Crippen LogP contribution in [-0.2, 0) is 0 Å². The highest BCUT2D eigenvalue weighted by atomic mass is 16.3. The average molecular weight is 314 g/mol. The van der Waals surface area contributed by atoms with Crippen molar-refractivity contribution in [2.24, 2.45) is 0 Å². The quantitative estimate of drug-likeness (QED) is 0.556. The van der Waals surface area contributed by atoms with E-state index in [4.69, 9.17) is 4.42 Å². The van der Waals surface area contributed by atoms with Crippen molar-refractivity contribution < 1.29 is 4.42 Å². The second kappa shape index (κ2) is 5.74. The van der Waals surface area contributed by atoms with Gasteiger partial charge in [0.05, 0.1) is 5.39 Å². The fourth-order valence-corrected chi connectivity index (χ4v) is 2.84. The molecule has 0 aliphatic rings. The number of benzene rings is 2. The van der Waals surface area contributed by atoms with Crippen LogP contribution in [-0.4, -0.2) is 10.2 Å². The zero-order valence-electron chi connectivity index (χ0n) is 13.1. The standard InChI is InChI=1S/C20H14N2O2/c1-13-12-16(23)18-17(14-8-4-2-5-9-14)19(21-22-20(18)24-13)15-10-6-3-7-11-15/h2-12H,1H3. The zero-order chi connectivity index (χ0) is 16.5. The molecule has 0 N–H and O–H groups in total. The highest BCUT2D eigenvalue weighted by Gasteiger charge is 2.18. The maximum Gasteiger partial charge on any atom is 0.250 e. The van der Waals surface area contributed by atoms with Crippen LogP contribution in [0.15, 0.2) is 75.9 Å². The third-order valence-electron chi connectivity index (χ3n) is 3.89. The Morgan fingerprint density at radius 3 is 2.12 bits per heavy atom. The summed E-state index contributed by atoms with van der Waals surface area (Å²) in [5.41, 5.74) is 3.39. The van der Waals surface area contributed by atoms with Gasteiger partial charge in [-0.1, -0.05) is 60.7 Å². The predicted octanol–water partition coefficient (Wildman–Crippen LogP) is 4.23. The molecule has 0 bridgehead atoms. The Labute approximate surface area is 138 Å². The fraction of sp³-hybridized carbons (Fsp3) is 0.0500. The lowest BCUT2D eigenvalue weighted by molar-refractivity contribution is 0.548. The monoisotopic (exact) mass is 314 g/mol. The van der Waals surface area contributed by atoms with E-state index in [9.17, 15) is 4.79 Å². The largest absolute Gasteiger partial charge is 0.442 e. The summed E-state index contributed by atoms with van der Waals surface area (Å²) in [5.74, 6) is 0.522. The number of aryl methyl sites for hydroxylation is 1. The molecule has 4 heteroatoms. The van der Waals surface area contributed by atoms with Crippen LogP contribution >= 0.6 is 0 Å². The lowest BCUT2D eigenvalue weighted by atomic mass is 9.97. The van der Waals surface area contributed by atoms with Crippen LogP contribution in [0.1, 0.15) is 5.76 Å². The summed E-state index contributed by atoms with van der Waals surface area (Å²) in [7, 11) is 0. The molecule has 4 nitrogen and oxygen atoms in total. The van der Waals surface area contributed by atoms with Gasteiger partial charge in [-0.2, -0.15) is 0 Å². The van der Waals surface area contributed by atoms with Crippen LogP contribution in [0.25, 0.3) is 33.5 Å². The van der Waals surface area contributed by atoms with Gasteiger partial charge in [-0.15, -0.1) is 10.2 Å². The van der Waals surface area contributed by atoms with Crippen molar-refractivity contribution >= 4 is 11.1 Å². The third kappa shape index (κ3) is 2.38. The number of hydrogen-bond donors (Lipinski definition) is 0. The zero-order valence-corrected chi connectivity index (χ0v) is 13.1. The van der Waals surface area contributed by atoms with E-state index in [1.165, 1.54) is 6.07 Å². The first-order valence-corrected chi connectivity index (χ1v) is 7.66. The van der Waals surface area contributed by atoms with Crippen LogP contribution < -0.4 is 5.43 Å². The van der Waals surface area contributed by atoms with Crippen LogP contribution in [0.2, 0.25) is 0 Å². The highest BCUT2D eigenvalue weighted by Crippen LogP contribution is 2.34. The Morgan fingerprint density at radius 2 is 1.46 bits per heavy atom. The topological polar surface area (TPSA) is 56.0 Å². The Kier molecular flexibility index (Phi) is 3.43. The van der Waals surface area contributed by atoms with Crippen LogP contribution in [0, 0.1) is 6.92 Å². The molecule has 0 fully saturated rings. The van der Waals surface area contributed by atoms with Crippen molar-refractivity contribution in [3.63, 3.8) is 0 Å². The smallest absolute Gasteiger partial charge is 0.250 e. The summed E-state index contributed by atoms with van der Waals surface area (Å²) in [5, 5.41) is 8.96. The van der Waals surface area contributed by atoms with Gasteiger partial charge in [0.2, 0.25) is 0 Å². The minimum atomic E-state index is -0.111. The first-order chi connectivity index (χ1) is 11.7. The molecule has 0 radical (unpaired) electrons. The van der Waals surface area contributed by atoms with Gasteiger partial charge in [0.1, 0.15) is 11.5 Å². The summed E-state index contributed by atoms with van der Waals surface area (Å²) in [4.78, 5) is 12.6. The van der Waals surface area contributed by atoms with Gasteiger partial charge in [-0.05, 0) is 12.5 Å². The van der Waals surface area contributed by atoms with Crippen LogP contribution in [0.4, 0.5) is 0 Å². The van der Waals surface area contributed by atoms with Crippen molar-refractivity contribution in [1.29, 1.82) is 0 Å². The van der Waals surface area contributed by atoms with Crippen molar-refractivity contribution in [1.82, 2.24) is 10.2 Å². The Hall–Kier alpha value is -3.27. The van der Waals surface area contributed by atoms with E-state index in [-0.39, 0.29) is 11.1 Å². The SMILES string of the molecule is Cc1cc(=O)c2c(-c3ccccc3)c(-c3ccccc3)nnc2o1. The van der Waals surface area contributed by atoms with Crippen molar-refractivity contribution in [2.45, 2.75) is 6.92 Å². The summed E-state index contributed by atoms with van der Waals surface area (Å²) in [6.45, 7) is 1.73. The third-order valence-corrected chi connectivity index (χ3v) is 3.89. The fourth-order valence-electron chi connectivity index (χ4n) is 2.84. The number of aromatic nitrogens is 2. The molecule has 2 aromatic carbocycles. The van der Waals surface area contributed by atoms with Gasteiger partial charge >= 0.3 is 0 Å². The molecule has 24 heavy (non-hydrogen) atoms. The van der Waals surface area contributed by atoms with Crippen molar-refractivity contribution in [2.75, 3.05) is 0 Å². The lowest BCUT2D eigenvalue weighted by Gasteiger charge is -2.11. The van der Waals surface area contributed by atoms with Gasteiger partial charge < -0.3 is 4.42 Å². The van der Waals surface area contributed by atoms with Crippen molar-refractivity contribution in [3.05, 3.63) is 82.7 Å². The molecular weight excluding hydrogens is 300 g/mol. The Balaban J connectivity index is 2.16. The predicted molar refractivity (Wildman–Crippen MR) is 93.7 cm³/mol. The molecule has 0 aliphatic heterocycles. The molecule has 0 amide bonds. The molecule has 0 saturated carbocycles. The Morgan fingerprint density at radius 1 is 0.833 bits per heavy atom. The molecule has 116 valence electrons. The highest BCUT2D eigenvalue weighted by molar-refractivity contribution is 5.98. The molecule has 4 aromatic rings. The van der Waals surface area contributed by atoms with Crippen molar-refractivity contribution in [3.8, 4) is 22.4 Å². The van der Waals surface area contributed by atoms with E-state index in [2.05, 4.69) is 10.2 Å².